The lowest BCUT2D eigenvalue weighted by atomic mass is 10.1. The fourth-order valence-corrected chi connectivity index (χ4v) is 4.33. The Kier molecular flexibility index (Phi) is 7.27. The summed E-state index contributed by atoms with van der Waals surface area (Å²) in [4.78, 5) is 12.5. The number of hydrogen-bond donors (Lipinski definition) is 2. The van der Waals surface area contributed by atoms with Crippen LogP contribution in [0.1, 0.15) is 32.7 Å². The van der Waals surface area contributed by atoms with Gasteiger partial charge in [-0.3, -0.25) is 0 Å². The minimum atomic E-state index is -0.969. The highest BCUT2D eigenvalue weighted by molar-refractivity contribution is 5.98. The van der Waals surface area contributed by atoms with Gasteiger partial charge in [0.1, 0.15) is 22.9 Å². The molecule has 1 heterocycles. The zero-order valence-electron chi connectivity index (χ0n) is 20.4. The molecule has 7 heteroatoms. The molecule has 182 valence electrons. The number of fused-ring (bicyclic) bond motifs is 1. The van der Waals surface area contributed by atoms with E-state index in [0.717, 1.165) is 44.7 Å². The van der Waals surface area contributed by atoms with Crippen molar-refractivity contribution in [1.82, 2.24) is 9.88 Å². The van der Waals surface area contributed by atoms with Crippen LogP contribution in [0.25, 0.3) is 10.9 Å². The first-order valence-corrected chi connectivity index (χ1v) is 11.3. The molecule has 0 aliphatic rings. The number of rotatable bonds is 10. The van der Waals surface area contributed by atoms with E-state index in [4.69, 9.17) is 14.2 Å². The lowest BCUT2D eigenvalue weighted by Crippen LogP contribution is -2.17. The third kappa shape index (κ3) is 5.10. The van der Waals surface area contributed by atoms with Gasteiger partial charge in [0.15, 0.2) is 0 Å². The van der Waals surface area contributed by atoms with Gasteiger partial charge < -0.3 is 29.2 Å². The highest BCUT2D eigenvalue weighted by Crippen LogP contribution is 2.31. The first-order chi connectivity index (χ1) is 16.9. The Morgan fingerprint density at radius 3 is 2.23 bits per heavy atom. The normalized spacial score (nSPS) is 11.0. The van der Waals surface area contributed by atoms with Crippen molar-refractivity contribution in [2.45, 2.75) is 26.6 Å². The van der Waals surface area contributed by atoms with E-state index in [-0.39, 0.29) is 5.69 Å². The Bertz CT molecular complexity index is 1340. The number of benzene rings is 3. The van der Waals surface area contributed by atoms with Gasteiger partial charge in [-0.15, -0.1) is 0 Å². The van der Waals surface area contributed by atoms with Gasteiger partial charge in [-0.25, -0.2) is 4.79 Å². The van der Waals surface area contributed by atoms with Gasteiger partial charge >= 0.3 is 5.97 Å². The van der Waals surface area contributed by atoms with Crippen LogP contribution in [0.2, 0.25) is 0 Å². The summed E-state index contributed by atoms with van der Waals surface area (Å²) in [5.74, 6) is 1.18. The van der Waals surface area contributed by atoms with E-state index in [2.05, 4.69) is 5.32 Å². The van der Waals surface area contributed by atoms with E-state index in [0.29, 0.717) is 25.4 Å². The van der Waals surface area contributed by atoms with Crippen LogP contribution in [0.4, 0.5) is 0 Å². The Morgan fingerprint density at radius 2 is 1.57 bits per heavy atom. The average Bonchev–Trinajstić information content (AvgIpc) is 3.17. The minimum absolute atomic E-state index is 0.263. The van der Waals surface area contributed by atoms with Crippen molar-refractivity contribution in [3.05, 3.63) is 88.6 Å². The topological polar surface area (TPSA) is 82.0 Å². The van der Waals surface area contributed by atoms with Crippen LogP contribution < -0.4 is 19.5 Å². The largest absolute Gasteiger partial charge is 0.497 e. The van der Waals surface area contributed by atoms with Gasteiger partial charge in [0.2, 0.25) is 0 Å². The quantitative estimate of drug-likeness (QED) is 0.336. The average molecular weight is 475 g/mol. The van der Waals surface area contributed by atoms with Crippen molar-refractivity contribution >= 4 is 16.9 Å². The zero-order valence-corrected chi connectivity index (χ0v) is 20.4. The summed E-state index contributed by atoms with van der Waals surface area (Å²) in [6, 6.07) is 19.4. The number of aromatic carboxylic acids is 1. The molecule has 0 unspecified atom stereocenters. The van der Waals surface area contributed by atoms with Crippen LogP contribution in [0.5, 0.6) is 17.2 Å². The van der Waals surface area contributed by atoms with Crippen molar-refractivity contribution in [1.29, 1.82) is 0 Å². The molecular weight excluding hydrogens is 444 g/mol. The summed E-state index contributed by atoms with van der Waals surface area (Å²) in [5.41, 5.74) is 4.91. The Morgan fingerprint density at radius 1 is 0.886 bits per heavy atom. The lowest BCUT2D eigenvalue weighted by Gasteiger charge is -2.12. The molecule has 2 N–H and O–H groups in total. The maximum absolute atomic E-state index is 12.5. The van der Waals surface area contributed by atoms with E-state index in [1.165, 1.54) is 0 Å². The number of aromatic nitrogens is 1. The summed E-state index contributed by atoms with van der Waals surface area (Å²) in [6.45, 7) is 3.32. The van der Waals surface area contributed by atoms with Crippen molar-refractivity contribution in [3.8, 4) is 17.2 Å². The fourth-order valence-electron chi connectivity index (χ4n) is 4.33. The van der Waals surface area contributed by atoms with E-state index in [1.807, 2.05) is 72.2 Å². The van der Waals surface area contributed by atoms with Gasteiger partial charge in [-0.05, 0) is 42.8 Å². The molecule has 35 heavy (non-hydrogen) atoms. The van der Waals surface area contributed by atoms with E-state index >= 15 is 0 Å². The molecule has 4 rings (SSSR count). The summed E-state index contributed by atoms with van der Waals surface area (Å²) in [7, 11) is 4.85. The predicted octanol–water partition coefficient (Wildman–Crippen LogP) is 5.01. The smallest absolute Gasteiger partial charge is 0.352 e. The number of methoxy groups -OCH3 is 3. The molecule has 0 aliphatic carbocycles. The number of carbonyl (C=O) groups is 1. The van der Waals surface area contributed by atoms with Crippen LogP contribution in [0, 0.1) is 6.92 Å². The summed E-state index contributed by atoms with van der Waals surface area (Å²) in [5, 5.41) is 14.5. The number of carboxylic acid groups (broad SMARTS) is 1. The fraction of sp³-hybridized carbons (Fsp3) is 0.250. The van der Waals surface area contributed by atoms with Gasteiger partial charge in [-0.1, -0.05) is 29.8 Å². The molecule has 0 amide bonds. The Hall–Kier alpha value is -3.97. The van der Waals surface area contributed by atoms with Gasteiger partial charge in [-0.2, -0.15) is 0 Å². The molecule has 0 bridgehead atoms. The Labute approximate surface area is 204 Å². The molecule has 0 spiro atoms. The molecule has 0 fully saturated rings. The number of ether oxygens (including phenoxy) is 3. The molecule has 7 nitrogen and oxygen atoms in total. The monoisotopic (exact) mass is 474 g/mol. The van der Waals surface area contributed by atoms with Gasteiger partial charge in [0, 0.05) is 42.2 Å². The van der Waals surface area contributed by atoms with Crippen molar-refractivity contribution in [2.24, 2.45) is 0 Å². The minimum Gasteiger partial charge on any atom is -0.497 e. The third-order valence-electron chi connectivity index (χ3n) is 6.15. The second kappa shape index (κ2) is 10.5. The highest BCUT2D eigenvalue weighted by Gasteiger charge is 2.23. The molecule has 0 aliphatic heterocycles. The second-order valence-corrected chi connectivity index (χ2v) is 8.37. The lowest BCUT2D eigenvalue weighted by molar-refractivity contribution is 0.0684. The first kappa shape index (κ1) is 24.2. The van der Waals surface area contributed by atoms with E-state index in [1.54, 1.807) is 21.3 Å². The second-order valence-electron chi connectivity index (χ2n) is 8.37. The van der Waals surface area contributed by atoms with Crippen molar-refractivity contribution in [3.63, 3.8) is 0 Å². The Balaban J connectivity index is 1.72. The van der Waals surface area contributed by atoms with Gasteiger partial charge in [0.25, 0.3) is 0 Å². The SMILES string of the molecule is COc1ccc(OC)c(CNCc2c(C(=O)O)n(Cc3ccc(C)cc3)c3cc(OC)ccc23)c1. The number of nitrogens with one attached hydrogen (secondary N) is 1. The summed E-state index contributed by atoms with van der Waals surface area (Å²) in [6.07, 6.45) is 0. The maximum Gasteiger partial charge on any atom is 0.352 e. The van der Waals surface area contributed by atoms with Crippen LogP contribution >= 0.6 is 0 Å². The van der Waals surface area contributed by atoms with Crippen LogP contribution in [0.15, 0.2) is 60.7 Å². The van der Waals surface area contributed by atoms with Crippen LogP contribution in [0.3, 0.4) is 0 Å². The highest BCUT2D eigenvalue weighted by atomic mass is 16.5. The number of nitrogens with zero attached hydrogens (tertiary/aromatic N) is 1. The summed E-state index contributed by atoms with van der Waals surface area (Å²) < 4.78 is 18.1. The molecule has 3 aromatic carbocycles. The zero-order chi connectivity index (χ0) is 24.9. The maximum atomic E-state index is 12.5. The number of aryl methyl sites for hydroxylation is 1. The van der Waals surface area contributed by atoms with E-state index < -0.39 is 5.97 Å². The molecule has 0 radical (unpaired) electrons. The molecule has 0 saturated heterocycles. The number of hydrogen-bond acceptors (Lipinski definition) is 5. The first-order valence-electron chi connectivity index (χ1n) is 11.3. The molecule has 1 aromatic heterocycles. The molecular formula is C28H30N2O5. The van der Waals surface area contributed by atoms with Crippen LogP contribution in [-0.4, -0.2) is 37.0 Å². The molecule has 4 aromatic rings. The standard InChI is InChI=1S/C28H30N2O5/c1-18-5-7-19(8-6-18)17-30-25-14-22(34-3)9-11-23(25)24(27(30)28(31)32)16-29-15-20-13-21(33-2)10-12-26(20)35-4/h5-14,29H,15-17H2,1-4H3,(H,31,32). The van der Waals surface area contributed by atoms with Crippen molar-refractivity contribution in [2.75, 3.05) is 21.3 Å². The van der Waals surface area contributed by atoms with Crippen molar-refractivity contribution < 1.29 is 24.1 Å². The predicted molar refractivity (Wildman–Crippen MR) is 136 cm³/mol. The number of carboxylic acids is 1. The molecule has 0 saturated carbocycles. The molecule has 0 atom stereocenters. The van der Waals surface area contributed by atoms with Crippen LogP contribution in [-0.2, 0) is 19.6 Å². The third-order valence-corrected chi connectivity index (χ3v) is 6.15. The van der Waals surface area contributed by atoms with E-state index in [9.17, 15) is 9.90 Å². The summed E-state index contributed by atoms with van der Waals surface area (Å²) >= 11 is 0. The van der Waals surface area contributed by atoms with Gasteiger partial charge in [0.05, 0.1) is 26.8 Å².